The number of nitrogens with one attached hydrogen (secondary N) is 2. The molecule has 1 atom stereocenters. The molecule has 7 heteroatoms. The van der Waals surface area contributed by atoms with Crippen molar-refractivity contribution in [1.82, 2.24) is 25.2 Å². The standard InChI is InChI=1S/C23H30N6O/c1-5-18(3)30-21-12-17(2)6-8-20(21)15-28-23(24-4)27-14-19-7-9-22(26-13-19)29-11-10-25-16-29/h6-13,16,18H,5,14-15H2,1-4H3,(H2,24,27,28). The van der Waals surface area contributed by atoms with Gasteiger partial charge in [0, 0.05) is 44.3 Å². The zero-order valence-corrected chi connectivity index (χ0v) is 18.1. The van der Waals surface area contributed by atoms with Crippen LogP contribution in [-0.2, 0) is 13.1 Å². The monoisotopic (exact) mass is 406 g/mol. The van der Waals surface area contributed by atoms with Gasteiger partial charge in [0.2, 0.25) is 0 Å². The highest BCUT2D eigenvalue weighted by Gasteiger charge is 2.09. The van der Waals surface area contributed by atoms with Gasteiger partial charge in [0.05, 0.1) is 6.10 Å². The van der Waals surface area contributed by atoms with Gasteiger partial charge in [-0.05, 0) is 43.5 Å². The van der Waals surface area contributed by atoms with E-state index in [-0.39, 0.29) is 6.10 Å². The summed E-state index contributed by atoms with van der Waals surface area (Å²) in [7, 11) is 1.77. The van der Waals surface area contributed by atoms with E-state index in [2.05, 4.69) is 64.6 Å². The van der Waals surface area contributed by atoms with Crippen LogP contribution in [-0.4, -0.2) is 33.6 Å². The number of imidazole rings is 1. The van der Waals surface area contributed by atoms with E-state index in [0.29, 0.717) is 13.1 Å². The van der Waals surface area contributed by atoms with Gasteiger partial charge in [-0.2, -0.15) is 0 Å². The maximum atomic E-state index is 6.10. The molecule has 30 heavy (non-hydrogen) atoms. The second-order valence-corrected chi connectivity index (χ2v) is 7.22. The molecule has 0 saturated heterocycles. The Kier molecular flexibility index (Phi) is 7.43. The third-order valence-electron chi connectivity index (χ3n) is 4.83. The Bertz CT molecular complexity index is 950. The molecular formula is C23H30N6O. The van der Waals surface area contributed by atoms with E-state index in [0.717, 1.165) is 35.1 Å². The van der Waals surface area contributed by atoms with Crippen LogP contribution in [0.15, 0.2) is 60.2 Å². The minimum Gasteiger partial charge on any atom is -0.490 e. The molecule has 0 fully saturated rings. The van der Waals surface area contributed by atoms with Gasteiger partial charge in [-0.1, -0.05) is 25.1 Å². The lowest BCUT2D eigenvalue weighted by Gasteiger charge is -2.18. The first-order valence-corrected chi connectivity index (χ1v) is 10.2. The van der Waals surface area contributed by atoms with Crippen molar-refractivity contribution >= 4 is 5.96 Å². The fourth-order valence-electron chi connectivity index (χ4n) is 2.87. The predicted octanol–water partition coefficient (Wildman–Crippen LogP) is 3.62. The van der Waals surface area contributed by atoms with Crippen LogP contribution in [0.2, 0.25) is 0 Å². The van der Waals surface area contributed by atoms with Gasteiger partial charge in [0.25, 0.3) is 0 Å². The van der Waals surface area contributed by atoms with Gasteiger partial charge in [-0.25, -0.2) is 9.97 Å². The SMILES string of the molecule is CCC(C)Oc1cc(C)ccc1CNC(=NC)NCc1ccc(-n2ccnc2)nc1. The van der Waals surface area contributed by atoms with Crippen molar-refractivity contribution in [3.63, 3.8) is 0 Å². The lowest BCUT2D eigenvalue weighted by Crippen LogP contribution is -2.36. The number of ether oxygens (including phenoxy) is 1. The maximum Gasteiger partial charge on any atom is 0.191 e. The van der Waals surface area contributed by atoms with Crippen molar-refractivity contribution in [2.75, 3.05) is 7.05 Å². The molecule has 0 spiro atoms. The number of rotatable bonds is 8. The molecule has 1 unspecified atom stereocenters. The molecule has 0 bridgehead atoms. The first kappa shape index (κ1) is 21.4. The second-order valence-electron chi connectivity index (χ2n) is 7.22. The number of hydrogen-bond donors (Lipinski definition) is 2. The predicted molar refractivity (Wildman–Crippen MR) is 120 cm³/mol. The molecular weight excluding hydrogens is 376 g/mol. The zero-order chi connectivity index (χ0) is 21.3. The molecule has 2 heterocycles. The molecule has 3 aromatic rings. The largest absolute Gasteiger partial charge is 0.490 e. The number of aromatic nitrogens is 3. The molecule has 2 N–H and O–H groups in total. The molecule has 0 radical (unpaired) electrons. The number of benzene rings is 1. The summed E-state index contributed by atoms with van der Waals surface area (Å²) in [5.41, 5.74) is 3.36. The van der Waals surface area contributed by atoms with Gasteiger partial charge in [-0.3, -0.25) is 9.56 Å². The molecule has 0 amide bonds. The lowest BCUT2D eigenvalue weighted by molar-refractivity contribution is 0.215. The van der Waals surface area contributed by atoms with Crippen molar-refractivity contribution < 1.29 is 4.74 Å². The van der Waals surface area contributed by atoms with E-state index in [4.69, 9.17) is 4.74 Å². The van der Waals surface area contributed by atoms with E-state index in [1.54, 1.807) is 19.6 Å². The van der Waals surface area contributed by atoms with Crippen molar-refractivity contribution in [1.29, 1.82) is 0 Å². The number of aryl methyl sites for hydroxylation is 1. The lowest BCUT2D eigenvalue weighted by atomic mass is 10.1. The number of nitrogens with zero attached hydrogens (tertiary/aromatic N) is 4. The average molecular weight is 407 g/mol. The van der Waals surface area contributed by atoms with E-state index in [1.807, 2.05) is 29.1 Å². The van der Waals surface area contributed by atoms with Crippen LogP contribution in [0.5, 0.6) is 5.75 Å². The van der Waals surface area contributed by atoms with Gasteiger partial charge in [0.1, 0.15) is 17.9 Å². The maximum absolute atomic E-state index is 6.10. The van der Waals surface area contributed by atoms with Crippen molar-refractivity contribution in [3.05, 3.63) is 71.9 Å². The van der Waals surface area contributed by atoms with Crippen molar-refractivity contribution in [2.45, 2.75) is 46.4 Å². The summed E-state index contributed by atoms with van der Waals surface area (Å²) >= 11 is 0. The molecule has 158 valence electrons. The smallest absolute Gasteiger partial charge is 0.191 e. The topological polar surface area (TPSA) is 76.4 Å². The summed E-state index contributed by atoms with van der Waals surface area (Å²) in [5, 5.41) is 6.70. The van der Waals surface area contributed by atoms with Crippen LogP contribution in [0.25, 0.3) is 5.82 Å². The summed E-state index contributed by atoms with van der Waals surface area (Å²) < 4.78 is 7.97. The highest BCUT2D eigenvalue weighted by Crippen LogP contribution is 2.22. The molecule has 0 aliphatic rings. The molecule has 0 saturated carbocycles. The van der Waals surface area contributed by atoms with E-state index in [1.165, 1.54) is 5.56 Å². The third kappa shape index (κ3) is 5.83. The molecule has 1 aromatic carbocycles. The summed E-state index contributed by atoms with van der Waals surface area (Å²) in [5.74, 6) is 2.49. The zero-order valence-electron chi connectivity index (χ0n) is 18.1. The van der Waals surface area contributed by atoms with Gasteiger partial charge in [-0.15, -0.1) is 0 Å². The quantitative estimate of drug-likeness (QED) is 0.441. The summed E-state index contributed by atoms with van der Waals surface area (Å²) in [4.78, 5) is 12.8. The van der Waals surface area contributed by atoms with Crippen LogP contribution in [0.3, 0.4) is 0 Å². The normalized spacial score (nSPS) is 12.5. The first-order valence-electron chi connectivity index (χ1n) is 10.2. The van der Waals surface area contributed by atoms with Crippen molar-refractivity contribution in [3.8, 4) is 11.6 Å². The number of hydrogen-bond acceptors (Lipinski definition) is 4. The Labute approximate surface area is 178 Å². The molecule has 3 rings (SSSR count). The van der Waals surface area contributed by atoms with Crippen LogP contribution < -0.4 is 15.4 Å². The van der Waals surface area contributed by atoms with E-state index >= 15 is 0 Å². The summed E-state index contributed by atoms with van der Waals surface area (Å²) in [6.45, 7) is 7.55. The molecule has 7 nitrogen and oxygen atoms in total. The average Bonchev–Trinajstić information content (AvgIpc) is 3.30. The Hall–Kier alpha value is -3.35. The minimum atomic E-state index is 0.181. The van der Waals surface area contributed by atoms with Gasteiger partial charge in [0.15, 0.2) is 5.96 Å². The number of pyridine rings is 1. The van der Waals surface area contributed by atoms with Crippen LogP contribution in [0.4, 0.5) is 0 Å². The Morgan fingerprint density at radius 2 is 2.03 bits per heavy atom. The van der Waals surface area contributed by atoms with Crippen LogP contribution in [0.1, 0.15) is 37.0 Å². The molecule has 2 aromatic heterocycles. The Morgan fingerprint density at radius 3 is 2.70 bits per heavy atom. The fourth-order valence-corrected chi connectivity index (χ4v) is 2.87. The van der Waals surface area contributed by atoms with Crippen LogP contribution >= 0.6 is 0 Å². The second kappa shape index (κ2) is 10.4. The highest BCUT2D eigenvalue weighted by molar-refractivity contribution is 5.79. The Morgan fingerprint density at radius 1 is 1.20 bits per heavy atom. The number of guanidine groups is 1. The molecule has 0 aliphatic heterocycles. The first-order chi connectivity index (χ1) is 14.6. The van der Waals surface area contributed by atoms with E-state index < -0.39 is 0 Å². The summed E-state index contributed by atoms with van der Waals surface area (Å²) in [6, 6.07) is 10.3. The van der Waals surface area contributed by atoms with E-state index in [9.17, 15) is 0 Å². The highest BCUT2D eigenvalue weighted by atomic mass is 16.5. The van der Waals surface area contributed by atoms with Gasteiger partial charge >= 0.3 is 0 Å². The van der Waals surface area contributed by atoms with Crippen LogP contribution in [0, 0.1) is 6.92 Å². The third-order valence-corrected chi connectivity index (χ3v) is 4.83. The molecule has 0 aliphatic carbocycles. The minimum absolute atomic E-state index is 0.181. The number of aliphatic imine (C=N–C) groups is 1. The summed E-state index contributed by atoms with van der Waals surface area (Å²) in [6.07, 6.45) is 8.35. The van der Waals surface area contributed by atoms with Crippen molar-refractivity contribution in [2.24, 2.45) is 4.99 Å². The van der Waals surface area contributed by atoms with Gasteiger partial charge < -0.3 is 15.4 Å². The Balaban J connectivity index is 1.56. The fraction of sp³-hybridized carbons (Fsp3) is 0.348.